The number of carbonyl (C=O) groups is 1. The molecular formula is C5H6F4O3. The van der Waals surface area contributed by atoms with Gasteiger partial charge >= 0.3 is 18.0 Å². The van der Waals surface area contributed by atoms with E-state index in [-0.39, 0.29) is 0 Å². The molecule has 0 spiro atoms. The van der Waals surface area contributed by atoms with Gasteiger partial charge in [-0.3, -0.25) is 4.79 Å². The maximum absolute atomic E-state index is 11.9. The molecular weight excluding hydrogens is 184 g/mol. The lowest BCUT2D eigenvalue weighted by Gasteiger charge is -2.27. The summed E-state index contributed by atoms with van der Waals surface area (Å²) < 4.78 is 54.9. The first-order chi connectivity index (χ1) is 5.31. The fraction of sp³-hybridized carbons (Fsp3) is 0.800. The fourth-order valence-corrected chi connectivity index (χ4v) is 0.587. The van der Waals surface area contributed by atoms with Crippen molar-refractivity contribution in [1.29, 1.82) is 0 Å². The van der Waals surface area contributed by atoms with E-state index >= 15 is 0 Å². The molecule has 0 aromatic carbocycles. The van der Waals surface area contributed by atoms with E-state index in [9.17, 15) is 22.4 Å². The molecule has 0 radical (unpaired) electrons. The number of alkyl halides is 3. The van der Waals surface area contributed by atoms with Gasteiger partial charge in [0.2, 0.25) is 0 Å². The van der Waals surface area contributed by atoms with Crippen LogP contribution in [0.15, 0.2) is 0 Å². The summed E-state index contributed by atoms with van der Waals surface area (Å²) in [6.45, 7) is 0. The maximum Gasteiger partial charge on any atom is 0.454 e. The third kappa shape index (κ3) is 1.56. The Morgan fingerprint density at radius 1 is 1.17 bits per heavy atom. The first-order valence-corrected chi connectivity index (χ1v) is 2.68. The van der Waals surface area contributed by atoms with Gasteiger partial charge in [-0.1, -0.05) is 0 Å². The van der Waals surface area contributed by atoms with Gasteiger partial charge in [0.25, 0.3) is 0 Å². The quantitative estimate of drug-likeness (QED) is 0.379. The van der Waals surface area contributed by atoms with Gasteiger partial charge in [0.1, 0.15) is 0 Å². The van der Waals surface area contributed by atoms with E-state index in [0.717, 1.165) is 0 Å². The normalized spacial score (nSPS) is 13.2. The van der Waals surface area contributed by atoms with Crippen LogP contribution >= 0.6 is 0 Å². The molecule has 3 nitrogen and oxygen atoms in total. The summed E-state index contributed by atoms with van der Waals surface area (Å²) in [5, 5.41) is 0. The molecule has 0 unspecified atom stereocenters. The zero-order valence-electron chi connectivity index (χ0n) is 6.24. The minimum atomic E-state index is -5.23. The van der Waals surface area contributed by atoms with Gasteiger partial charge in [-0.2, -0.15) is 17.6 Å². The molecule has 0 N–H and O–H groups in total. The molecule has 12 heavy (non-hydrogen) atoms. The van der Waals surface area contributed by atoms with E-state index in [1.807, 2.05) is 0 Å². The van der Waals surface area contributed by atoms with Crippen LogP contribution in [0.4, 0.5) is 17.6 Å². The molecule has 0 heterocycles. The largest absolute Gasteiger partial charge is 0.454 e. The average molecular weight is 190 g/mol. The Balaban J connectivity index is 4.97. The molecule has 0 aliphatic heterocycles. The Kier molecular flexibility index (Phi) is 3.17. The zero-order valence-corrected chi connectivity index (χ0v) is 6.24. The van der Waals surface area contributed by atoms with Crippen molar-refractivity contribution in [3.05, 3.63) is 0 Å². The molecule has 0 amide bonds. The Morgan fingerprint density at radius 3 is 1.50 bits per heavy atom. The second kappa shape index (κ2) is 3.36. The molecule has 0 aliphatic carbocycles. The SMILES string of the molecule is COC(OC)(C(=O)F)C(F)(F)F. The molecule has 0 aromatic rings. The lowest BCUT2D eigenvalue weighted by molar-refractivity contribution is -0.349. The van der Waals surface area contributed by atoms with E-state index in [1.165, 1.54) is 0 Å². The maximum atomic E-state index is 11.9. The Morgan fingerprint density at radius 2 is 1.50 bits per heavy atom. The predicted molar refractivity (Wildman–Crippen MR) is 28.9 cm³/mol. The second-order valence-electron chi connectivity index (χ2n) is 1.80. The molecule has 0 saturated carbocycles. The van der Waals surface area contributed by atoms with Crippen LogP contribution in [-0.2, 0) is 14.3 Å². The number of rotatable bonds is 3. The van der Waals surface area contributed by atoms with E-state index in [2.05, 4.69) is 9.47 Å². The third-order valence-corrected chi connectivity index (χ3v) is 1.21. The number of hydrogen-bond donors (Lipinski definition) is 0. The zero-order chi connectivity index (χ0) is 9.99. The van der Waals surface area contributed by atoms with Crippen LogP contribution in [0.3, 0.4) is 0 Å². The summed E-state index contributed by atoms with van der Waals surface area (Å²) in [4.78, 5) is 9.94. The number of halogens is 4. The van der Waals surface area contributed by atoms with Crippen LogP contribution in [0, 0.1) is 0 Å². The van der Waals surface area contributed by atoms with Crippen LogP contribution in [0.25, 0.3) is 0 Å². The van der Waals surface area contributed by atoms with Gasteiger partial charge in [-0.05, 0) is 0 Å². The van der Waals surface area contributed by atoms with E-state index in [0.29, 0.717) is 14.2 Å². The van der Waals surface area contributed by atoms with Crippen LogP contribution in [-0.4, -0.2) is 32.2 Å². The lowest BCUT2D eigenvalue weighted by Crippen LogP contribution is -2.53. The fourth-order valence-electron chi connectivity index (χ4n) is 0.587. The van der Waals surface area contributed by atoms with Crippen molar-refractivity contribution in [3.63, 3.8) is 0 Å². The number of methoxy groups -OCH3 is 2. The monoisotopic (exact) mass is 190 g/mol. The van der Waals surface area contributed by atoms with Crippen molar-refractivity contribution in [3.8, 4) is 0 Å². The van der Waals surface area contributed by atoms with Crippen molar-refractivity contribution in [2.24, 2.45) is 0 Å². The molecule has 0 atom stereocenters. The first-order valence-electron chi connectivity index (χ1n) is 2.68. The molecule has 7 heteroatoms. The standard InChI is InChI=1S/C5H6F4O3/c1-11-4(12-2,3(6)10)5(7,8)9/h1-2H3. The number of ether oxygens (including phenoxy) is 2. The third-order valence-electron chi connectivity index (χ3n) is 1.21. The lowest BCUT2D eigenvalue weighted by atomic mass is 10.3. The van der Waals surface area contributed by atoms with Crippen molar-refractivity contribution < 1.29 is 31.8 Å². The van der Waals surface area contributed by atoms with Crippen LogP contribution in [0.1, 0.15) is 0 Å². The van der Waals surface area contributed by atoms with Crippen molar-refractivity contribution in [2.75, 3.05) is 14.2 Å². The molecule has 0 fully saturated rings. The van der Waals surface area contributed by atoms with Gasteiger partial charge in [-0.15, -0.1) is 0 Å². The second-order valence-corrected chi connectivity index (χ2v) is 1.80. The highest BCUT2D eigenvalue weighted by molar-refractivity contribution is 5.77. The average Bonchev–Trinajstić information content (AvgIpc) is 1.87. The molecule has 0 bridgehead atoms. The topological polar surface area (TPSA) is 35.5 Å². The highest BCUT2D eigenvalue weighted by Crippen LogP contribution is 2.34. The van der Waals surface area contributed by atoms with Gasteiger partial charge in [0.15, 0.2) is 0 Å². The van der Waals surface area contributed by atoms with E-state index < -0.39 is 18.0 Å². The van der Waals surface area contributed by atoms with Crippen molar-refractivity contribution in [2.45, 2.75) is 12.0 Å². The highest BCUT2D eigenvalue weighted by Gasteiger charge is 2.63. The van der Waals surface area contributed by atoms with Gasteiger partial charge in [0.05, 0.1) is 0 Å². The van der Waals surface area contributed by atoms with Crippen molar-refractivity contribution in [1.82, 2.24) is 0 Å². The summed E-state index contributed by atoms with van der Waals surface area (Å²) in [6.07, 6.45) is -5.23. The van der Waals surface area contributed by atoms with Gasteiger partial charge in [-0.25, -0.2) is 0 Å². The molecule has 0 aromatic heterocycles. The number of hydrogen-bond acceptors (Lipinski definition) is 3. The van der Waals surface area contributed by atoms with Crippen molar-refractivity contribution >= 4 is 6.04 Å². The summed E-state index contributed by atoms with van der Waals surface area (Å²) in [5.41, 5.74) is 0. The first kappa shape index (κ1) is 11.3. The molecule has 0 aliphatic rings. The number of carbonyl (C=O) groups excluding carboxylic acids is 1. The minimum absolute atomic E-state index is 0.522. The van der Waals surface area contributed by atoms with E-state index in [4.69, 9.17) is 0 Å². The summed E-state index contributed by atoms with van der Waals surface area (Å²) in [7, 11) is 1.04. The van der Waals surface area contributed by atoms with E-state index in [1.54, 1.807) is 0 Å². The van der Waals surface area contributed by atoms with Crippen LogP contribution in [0.5, 0.6) is 0 Å². The molecule has 0 saturated heterocycles. The molecule has 0 rings (SSSR count). The Bertz CT molecular complexity index is 172. The molecule has 72 valence electrons. The Labute approximate surface area is 65.2 Å². The predicted octanol–water partition coefficient (Wildman–Crippen LogP) is 1.03. The Hall–Kier alpha value is -0.690. The smallest absolute Gasteiger partial charge is 0.338 e. The summed E-state index contributed by atoms with van der Waals surface area (Å²) in [5.74, 6) is -3.78. The highest BCUT2D eigenvalue weighted by atomic mass is 19.4. The minimum Gasteiger partial charge on any atom is -0.338 e. The van der Waals surface area contributed by atoms with Gasteiger partial charge in [0, 0.05) is 14.2 Å². The van der Waals surface area contributed by atoms with Crippen LogP contribution in [0.2, 0.25) is 0 Å². The summed E-state index contributed by atoms with van der Waals surface area (Å²) >= 11 is 0. The van der Waals surface area contributed by atoms with Gasteiger partial charge < -0.3 is 9.47 Å². The van der Waals surface area contributed by atoms with Crippen LogP contribution < -0.4 is 0 Å². The summed E-state index contributed by atoms with van der Waals surface area (Å²) in [6, 6.07) is -2.74.